The lowest BCUT2D eigenvalue weighted by Gasteiger charge is -2.20. The van der Waals surface area contributed by atoms with Gasteiger partial charge in [0.15, 0.2) is 0 Å². The van der Waals surface area contributed by atoms with Crippen molar-refractivity contribution in [2.24, 2.45) is 0 Å². The first-order chi connectivity index (χ1) is 10.1. The fraction of sp³-hybridized carbons (Fsp3) is 0.375. The third kappa shape index (κ3) is 3.40. The van der Waals surface area contributed by atoms with E-state index in [1.54, 1.807) is 17.4 Å². The Labute approximate surface area is 137 Å². The molecule has 0 radical (unpaired) electrons. The minimum Gasteiger partial charge on any atom is -0.378 e. The second kappa shape index (κ2) is 6.36. The van der Waals surface area contributed by atoms with Crippen molar-refractivity contribution in [3.05, 3.63) is 44.8 Å². The van der Waals surface area contributed by atoms with Gasteiger partial charge in [0.1, 0.15) is 5.82 Å². The van der Waals surface area contributed by atoms with E-state index in [0.717, 1.165) is 41.1 Å². The van der Waals surface area contributed by atoms with Gasteiger partial charge >= 0.3 is 0 Å². The summed E-state index contributed by atoms with van der Waals surface area (Å²) in [6.45, 7) is 4.01. The van der Waals surface area contributed by atoms with Gasteiger partial charge in [-0.2, -0.15) is 0 Å². The van der Waals surface area contributed by atoms with E-state index < -0.39 is 0 Å². The van der Waals surface area contributed by atoms with Crippen LogP contribution in [0, 0.1) is 5.82 Å². The summed E-state index contributed by atoms with van der Waals surface area (Å²) in [5.41, 5.74) is 1.55. The molecule has 1 aromatic carbocycles. The summed E-state index contributed by atoms with van der Waals surface area (Å²) in [4.78, 5) is 3.35. The zero-order valence-corrected chi connectivity index (χ0v) is 14.3. The molecular weight excluding hydrogens is 351 g/mol. The van der Waals surface area contributed by atoms with Crippen molar-refractivity contribution in [2.45, 2.75) is 25.8 Å². The molecule has 1 aliphatic rings. The first-order valence-electron chi connectivity index (χ1n) is 7.20. The Hall–Kier alpha value is -1.07. The Morgan fingerprint density at radius 1 is 1.24 bits per heavy atom. The van der Waals surface area contributed by atoms with Crippen LogP contribution in [0.5, 0.6) is 0 Å². The number of nitrogens with one attached hydrogen (secondary N) is 1. The van der Waals surface area contributed by atoms with E-state index in [4.69, 9.17) is 0 Å². The quantitative estimate of drug-likeness (QED) is 0.774. The lowest BCUT2D eigenvalue weighted by Crippen LogP contribution is -2.19. The maximum atomic E-state index is 14.3. The smallest absolute Gasteiger partial charge is 0.148 e. The highest BCUT2D eigenvalue weighted by atomic mass is 79.9. The van der Waals surface area contributed by atoms with Crippen molar-refractivity contribution < 1.29 is 4.39 Å². The third-order valence-corrected chi connectivity index (χ3v) is 5.60. The highest BCUT2D eigenvalue weighted by Crippen LogP contribution is 2.31. The second-order valence-corrected chi connectivity index (χ2v) is 7.86. The Kier molecular flexibility index (Phi) is 4.50. The molecule has 1 atom stereocenters. The fourth-order valence-corrected chi connectivity index (χ4v) is 4.12. The highest BCUT2D eigenvalue weighted by molar-refractivity contribution is 9.11. The summed E-state index contributed by atoms with van der Waals surface area (Å²) in [5, 5.41) is 3.36. The summed E-state index contributed by atoms with van der Waals surface area (Å²) in [7, 11) is 0. The van der Waals surface area contributed by atoms with Crippen LogP contribution in [0.2, 0.25) is 0 Å². The minimum atomic E-state index is -0.138. The summed E-state index contributed by atoms with van der Waals surface area (Å²) >= 11 is 5.16. The Bertz CT molecular complexity index is 622. The van der Waals surface area contributed by atoms with Crippen molar-refractivity contribution in [2.75, 3.05) is 23.3 Å². The van der Waals surface area contributed by atoms with Gasteiger partial charge in [-0.3, -0.25) is 0 Å². The summed E-state index contributed by atoms with van der Waals surface area (Å²) in [6, 6.07) is 9.75. The highest BCUT2D eigenvalue weighted by Gasteiger charge is 2.16. The molecule has 5 heteroatoms. The molecule has 1 aromatic heterocycles. The number of thiophene rings is 1. The zero-order valence-electron chi connectivity index (χ0n) is 11.9. The van der Waals surface area contributed by atoms with E-state index >= 15 is 0 Å². The first kappa shape index (κ1) is 14.9. The van der Waals surface area contributed by atoms with E-state index in [1.165, 1.54) is 4.88 Å². The Balaban J connectivity index is 1.72. The van der Waals surface area contributed by atoms with E-state index in [9.17, 15) is 4.39 Å². The molecule has 2 heterocycles. The third-order valence-electron chi connectivity index (χ3n) is 3.80. The summed E-state index contributed by atoms with van der Waals surface area (Å²) in [6.07, 6.45) is 2.31. The molecule has 1 unspecified atom stereocenters. The van der Waals surface area contributed by atoms with Crippen molar-refractivity contribution in [1.29, 1.82) is 0 Å². The van der Waals surface area contributed by atoms with Crippen LogP contribution >= 0.6 is 27.3 Å². The first-order valence-corrected chi connectivity index (χ1v) is 8.81. The topological polar surface area (TPSA) is 15.3 Å². The van der Waals surface area contributed by atoms with Crippen molar-refractivity contribution in [3.8, 4) is 0 Å². The van der Waals surface area contributed by atoms with Crippen LogP contribution in [0.25, 0.3) is 0 Å². The van der Waals surface area contributed by atoms with E-state index in [1.807, 2.05) is 18.2 Å². The van der Waals surface area contributed by atoms with Crippen molar-refractivity contribution in [3.63, 3.8) is 0 Å². The van der Waals surface area contributed by atoms with Crippen LogP contribution in [0.4, 0.5) is 15.8 Å². The monoisotopic (exact) mass is 368 g/mol. The van der Waals surface area contributed by atoms with Gasteiger partial charge in [-0.25, -0.2) is 4.39 Å². The number of benzene rings is 1. The van der Waals surface area contributed by atoms with Crippen LogP contribution in [-0.2, 0) is 0 Å². The lowest BCUT2D eigenvalue weighted by molar-refractivity contribution is 0.623. The number of hydrogen-bond acceptors (Lipinski definition) is 3. The molecule has 0 amide bonds. The molecule has 2 aromatic rings. The molecule has 112 valence electrons. The number of nitrogens with zero attached hydrogens (tertiary/aromatic N) is 1. The van der Waals surface area contributed by atoms with Crippen LogP contribution in [0.15, 0.2) is 34.1 Å². The molecule has 0 saturated carbocycles. The standard InChI is InChI=1S/C16H18BrFN2S/c1-11(15-6-7-16(17)21-15)19-12-4-5-14(13(18)10-12)20-8-2-3-9-20/h4-7,10-11,19H,2-3,8-9H2,1H3. The molecule has 1 fully saturated rings. The number of halogens is 2. The van der Waals surface area contributed by atoms with Gasteiger partial charge in [0.2, 0.25) is 0 Å². The van der Waals surface area contributed by atoms with Gasteiger partial charge in [-0.15, -0.1) is 11.3 Å². The van der Waals surface area contributed by atoms with Crippen LogP contribution in [0.3, 0.4) is 0 Å². The summed E-state index contributed by atoms with van der Waals surface area (Å²) < 4.78 is 15.4. The van der Waals surface area contributed by atoms with E-state index in [0.29, 0.717) is 0 Å². The van der Waals surface area contributed by atoms with Crippen LogP contribution in [0.1, 0.15) is 30.7 Å². The largest absolute Gasteiger partial charge is 0.378 e. The molecule has 0 spiro atoms. The van der Waals surface area contributed by atoms with Gasteiger partial charge in [0.05, 0.1) is 15.5 Å². The average Bonchev–Trinajstić information content (AvgIpc) is 3.10. The molecule has 1 N–H and O–H groups in total. The summed E-state index contributed by atoms with van der Waals surface area (Å²) in [5.74, 6) is -0.138. The van der Waals surface area contributed by atoms with Crippen LogP contribution in [-0.4, -0.2) is 13.1 Å². The molecule has 0 aliphatic carbocycles. The second-order valence-electron chi connectivity index (χ2n) is 5.37. The molecule has 0 bridgehead atoms. The predicted octanol–water partition coefficient (Wildman–Crippen LogP) is 5.42. The minimum absolute atomic E-state index is 0.138. The van der Waals surface area contributed by atoms with Crippen molar-refractivity contribution >= 4 is 38.6 Å². The van der Waals surface area contributed by atoms with Gasteiger partial charge in [-0.05, 0) is 66.0 Å². The number of anilines is 2. The molecule has 1 saturated heterocycles. The van der Waals surface area contributed by atoms with Gasteiger partial charge in [0, 0.05) is 23.7 Å². The molecule has 3 rings (SSSR count). The maximum Gasteiger partial charge on any atom is 0.148 e. The molecule has 1 aliphatic heterocycles. The van der Waals surface area contributed by atoms with E-state index in [-0.39, 0.29) is 11.9 Å². The number of hydrogen-bond donors (Lipinski definition) is 1. The molecule has 21 heavy (non-hydrogen) atoms. The Morgan fingerprint density at radius 3 is 2.62 bits per heavy atom. The average molecular weight is 369 g/mol. The van der Waals surface area contributed by atoms with E-state index in [2.05, 4.69) is 39.1 Å². The van der Waals surface area contributed by atoms with Gasteiger partial charge in [0.25, 0.3) is 0 Å². The SMILES string of the molecule is CC(Nc1ccc(N2CCCC2)c(F)c1)c1ccc(Br)s1. The molecule has 2 nitrogen and oxygen atoms in total. The van der Waals surface area contributed by atoms with Gasteiger partial charge < -0.3 is 10.2 Å². The Morgan fingerprint density at radius 2 is 2.00 bits per heavy atom. The zero-order chi connectivity index (χ0) is 14.8. The molecular formula is C16H18BrFN2S. The fourth-order valence-electron chi connectivity index (χ4n) is 2.69. The predicted molar refractivity (Wildman–Crippen MR) is 91.9 cm³/mol. The van der Waals surface area contributed by atoms with Gasteiger partial charge in [-0.1, -0.05) is 0 Å². The maximum absolute atomic E-state index is 14.3. The number of rotatable bonds is 4. The van der Waals surface area contributed by atoms with Crippen LogP contribution < -0.4 is 10.2 Å². The van der Waals surface area contributed by atoms with Crippen molar-refractivity contribution in [1.82, 2.24) is 0 Å². The normalized spacial score (nSPS) is 16.2. The lowest BCUT2D eigenvalue weighted by atomic mass is 10.2.